The van der Waals surface area contributed by atoms with Gasteiger partial charge in [0.25, 0.3) is 0 Å². The quantitative estimate of drug-likeness (QED) is 0.287. The molecule has 1 aliphatic rings. The van der Waals surface area contributed by atoms with E-state index in [1.54, 1.807) is 12.1 Å². The Balaban J connectivity index is 2.16. The number of hydrogen-bond donors (Lipinski definition) is 0. The first-order chi connectivity index (χ1) is 16.4. The van der Waals surface area contributed by atoms with Crippen LogP contribution in [-0.2, 0) is 17.4 Å². The first-order valence-electron chi connectivity index (χ1n) is 11.9. The summed E-state index contributed by atoms with van der Waals surface area (Å²) in [5.74, 6) is 0.716. The number of aryl methyl sites for hydroxylation is 2. The van der Waals surface area contributed by atoms with Crippen LogP contribution in [0.1, 0.15) is 77.8 Å². The van der Waals surface area contributed by atoms with Crippen molar-refractivity contribution < 1.29 is 28.4 Å². The van der Waals surface area contributed by atoms with Gasteiger partial charge >= 0.3 is 13.3 Å². The van der Waals surface area contributed by atoms with Gasteiger partial charge in [-0.1, -0.05) is 43.0 Å². The first-order valence-corrected chi connectivity index (χ1v) is 13.1. The van der Waals surface area contributed by atoms with Crippen molar-refractivity contribution in [2.24, 2.45) is 0 Å². The maximum Gasteiger partial charge on any atom is 0.434 e. The van der Waals surface area contributed by atoms with E-state index in [1.807, 2.05) is 32.0 Å². The molecule has 0 aliphatic heterocycles. The lowest BCUT2D eigenvalue weighted by Gasteiger charge is -2.28. The van der Waals surface area contributed by atoms with E-state index < -0.39 is 18.5 Å². The number of carbonyl (C=O) groups is 2. The minimum absolute atomic E-state index is 0.0872. The van der Waals surface area contributed by atoms with Crippen LogP contribution in [0, 0.1) is 0 Å². The van der Waals surface area contributed by atoms with Crippen LogP contribution in [0.3, 0.4) is 0 Å². The number of ketones is 1. The van der Waals surface area contributed by atoms with E-state index in [9.17, 15) is 14.2 Å². The van der Waals surface area contributed by atoms with Crippen LogP contribution in [0.4, 0.5) is 0 Å². The molecular formula is C27H34O6P+. The van der Waals surface area contributed by atoms with Crippen LogP contribution in [0.5, 0.6) is 17.2 Å². The normalized spacial score (nSPS) is 15.4. The Hall–Kier alpha value is -2.72. The fourth-order valence-corrected chi connectivity index (χ4v) is 6.77. The van der Waals surface area contributed by atoms with Crippen molar-refractivity contribution in [2.45, 2.75) is 63.9 Å². The Morgan fingerprint density at radius 3 is 1.82 bits per heavy atom. The molecule has 1 atom stereocenters. The van der Waals surface area contributed by atoms with E-state index in [0.29, 0.717) is 37.0 Å². The van der Waals surface area contributed by atoms with E-state index in [4.69, 9.17) is 14.2 Å². The number of methoxy groups -OCH3 is 3. The number of benzene rings is 2. The average Bonchev–Trinajstić information content (AvgIpc) is 2.90. The van der Waals surface area contributed by atoms with Crippen LogP contribution in [-0.4, -0.2) is 37.8 Å². The lowest BCUT2D eigenvalue weighted by Crippen LogP contribution is -2.39. The molecule has 2 aromatic rings. The molecule has 34 heavy (non-hydrogen) atoms. The maximum absolute atomic E-state index is 14.2. The molecule has 0 N–H and O–H groups in total. The van der Waals surface area contributed by atoms with Crippen molar-refractivity contribution in [3.8, 4) is 17.2 Å². The SMILES string of the molecule is CCc1cccc(CC)c1C(=O)C1([P+](=O)C(=O)c2c(OC)cc(OC)cc2OC)CCCCC1. The summed E-state index contributed by atoms with van der Waals surface area (Å²) in [5.41, 5.74) is 1.98. The summed E-state index contributed by atoms with van der Waals surface area (Å²) in [5, 5.41) is -1.24. The molecule has 7 heteroatoms. The largest absolute Gasteiger partial charge is 0.496 e. The van der Waals surface area contributed by atoms with E-state index >= 15 is 0 Å². The van der Waals surface area contributed by atoms with Gasteiger partial charge in [0.15, 0.2) is 5.56 Å². The molecule has 1 saturated carbocycles. The number of carbonyl (C=O) groups excluding carboxylic acids is 2. The Morgan fingerprint density at radius 1 is 0.853 bits per heavy atom. The van der Waals surface area contributed by atoms with Crippen LogP contribution in [0.25, 0.3) is 0 Å². The smallest absolute Gasteiger partial charge is 0.434 e. The fourth-order valence-electron chi connectivity index (χ4n) is 4.94. The zero-order valence-corrected chi connectivity index (χ0v) is 21.6. The molecule has 0 aromatic heterocycles. The summed E-state index contributed by atoms with van der Waals surface area (Å²) in [6, 6.07) is 8.99. The van der Waals surface area contributed by atoms with Gasteiger partial charge in [-0.25, -0.2) is 4.79 Å². The number of Topliss-reactive ketones (excluding diaryl/α,β-unsaturated/α-hetero) is 1. The maximum atomic E-state index is 14.2. The predicted molar refractivity (Wildman–Crippen MR) is 133 cm³/mol. The molecular weight excluding hydrogens is 451 g/mol. The number of rotatable bonds is 10. The minimum atomic E-state index is -2.62. The molecule has 0 heterocycles. The highest BCUT2D eigenvalue weighted by Gasteiger charge is 2.61. The zero-order valence-electron chi connectivity index (χ0n) is 20.7. The Bertz CT molecular complexity index is 1040. The molecule has 0 spiro atoms. The monoisotopic (exact) mass is 485 g/mol. The van der Waals surface area contributed by atoms with E-state index in [2.05, 4.69) is 0 Å². The lowest BCUT2D eigenvalue weighted by molar-refractivity contribution is 0.0901. The lowest BCUT2D eigenvalue weighted by atomic mass is 9.80. The van der Waals surface area contributed by atoms with Gasteiger partial charge in [-0.2, -0.15) is 0 Å². The summed E-state index contributed by atoms with van der Waals surface area (Å²) in [7, 11) is 1.76. The third-order valence-corrected chi connectivity index (χ3v) is 8.85. The Labute approximate surface area is 202 Å². The van der Waals surface area contributed by atoms with Gasteiger partial charge in [-0.05, 0) is 36.8 Å². The van der Waals surface area contributed by atoms with Crippen LogP contribution < -0.4 is 14.2 Å². The average molecular weight is 486 g/mol. The summed E-state index contributed by atoms with van der Waals surface area (Å²) in [4.78, 5) is 28.1. The molecule has 3 rings (SSSR count). The van der Waals surface area contributed by atoms with Crippen molar-refractivity contribution in [3.63, 3.8) is 0 Å². The van der Waals surface area contributed by atoms with Gasteiger partial charge in [0.1, 0.15) is 17.2 Å². The van der Waals surface area contributed by atoms with Crippen LogP contribution >= 0.6 is 7.80 Å². The minimum Gasteiger partial charge on any atom is -0.496 e. The van der Waals surface area contributed by atoms with Crippen molar-refractivity contribution in [2.75, 3.05) is 21.3 Å². The standard InChI is InChI=1S/C27H34O6P/c1-6-18-12-11-13-19(7-2)23(18)25(28)27(14-9-8-10-15-27)34(30)26(29)24-21(32-4)16-20(31-3)17-22(24)33-5/h11-13,16-17H,6-10,14-15H2,1-5H3/q+1. The highest BCUT2D eigenvalue weighted by atomic mass is 31.1. The molecule has 1 unspecified atom stereocenters. The predicted octanol–water partition coefficient (Wildman–Crippen LogP) is 6.39. The molecule has 6 nitrogen and oxygen atoms in total. The zero-order chi connectivity index (χ0) is 24.9. The summed E-state index contributed by atoms with van der Waals surface area (Å²) in [6.45, 7) is 4.02. The van der Waals surface area contributed by atoms with Gasteiger partial charge in [0, 0.05) is 30.5 Å². The second-order valence-electron chi connectivity index (χ2n) is 8.59. The van der Waals surface area contributed by atoms with Gasteiger partial charge in [0.05, 0.1) is 21.3 Å². The molecule has 0 bridgehead atoms. The first kappa shape index (κ1) is 25.9. The Kier molecular flexibility index (Phi) is 8.48. The number of hydrogen-bond acceptors (Lipinski definition) is 6. The van der Waals surface area contributed by atoms with Gasteiger partial charge in [0.2, 0.25) is 10.9 Å². The van der Waals surface area contributed by atoms with E-state index in [0.717, 1.165) is 30.4 Å². The molecule has 1 aliphatic carbocycles. The van der Waals surface area contributed by atoms with Gasteiger partial charge in [-0.3, -0.25) is 4.79 Å². The second kappa shape index (κ2) is 11.1. The Morgan fingerprint density at radius 2 is 1.38 bits per heavy atom. The van der Waals surface area contributed by atoms with Crippen LogP contribution in [0.2, 0.25) is 0 Å². The van der Waals surface area contributed by atoms with Crippen molar-refractivity contribution >= 4 is 19.1 Å². The third kappa shape index (κ3) is 4.61. The summed E-state index contributed by atoms with van der Waals surface area (Å²) < 4.78 is 30.3. The molecule has 0 amide bonds. The third-order valence-electron chi connectivity index (χ3n) is 6.83. The number of ether oxygens (including phenoxy) is 3. The second-order valence-corrected chi connectivity index (χ2v) is 10.4. The van der Waals surface area contributed by atoms with Gasteiger partial charge in [-0.15, -0.1) is 0 Å². The molecule has 182 valence electrons. The summed E-state index contributed by atoms with van der Waals surface area (Å²) >= 11 is 0. The van der Waals surface area contributed by atoms with Crippen molar-refractivity contribution in [1.82, 2.24) is 0 Å². The van der Waals surface area contributed by atoms with E-state index in [-0.39, 0.29) is 22.8 Å². The highest BCUT2D eigenvalue weighted by molar-refractivity contribution is 7.67. The van der Waals surface area contributed by atoms with Crippen LogP contribution in [0.15, 0.2) is 30.3 Å². The van der Waals surface area contributed by atoms with Crippen molar-refractivity contribution in [1.29, 1.82) is 0 Å². The summed E-state index contributed by atoms with van der Waals surface area (Å²) in [6.07, 6.45) is 4.70. The van der Waals surface area contributed by atoms with Gasteiger partial charge < -0.3 is 14.2 Å². The molecule has 1 fully saturated rings. The van der Waals surface area contributed by atoms with E-state index in [1.165, 1.54) is 21.3 Å². The fraction of sp³-hybridized carbons (Fsp3) is 0.481. The molecule has 0 saturated heterocycles. The van der Waals surface area contributed by atoms with Crippen molar-refractivity contribution in [3.05, 3.63) is 52.6 Å². The molecule has 0 radical (unpaired) electrons. The highest BCUT2D eigenvalue weighted by Crippen LogP contribution is 2.55. The topological polar surface area (TPSA) is 78.9 Å². The molecule has 2 aromatic carbocycles.